The van der Waals surface area contributed by atoms with Crippen molar-refractivity contribution in [1.82, 2.24) is 5.32 Å². The summed E-state index contributed by atoms with van der Waals surface area (Å²) >= 11 is 5.75. The van der Waals surface area contributed by atoms with Crippen molar-refractivity contribution < 1.29 is 4.39 Å². The van der Waals surface area contributed by atoms with E-state index in [1.54, 1.807) is 12.1 Å². The molecule has 19 heavy (non-hydrogen) atoms. The third-order valence-corrected chi connectivity index (χ3v) is 4.07. The van der Waals surface area contributed by atoms with Gasteiger partial charge in [-0.25, -0.2) is 4.39 Å². The van der Waals surface area contributed by atoms with Crippen LogP contribution in [0.25, 0.3) is 0 Å². The summed E-state index contributed by atoms with van der Waals surface area (Å²) in [5.41, 5.74) is 2.33. The maximum absolute atomic E-state index is 13.6. The summed E-state index contributed by atoms with van der Waals surface area (Å²) in [5, 5.41) is 3.49. The summed E-state index contributed by atoms with van der Waals surface area (Å²) in [5.74, 6) is -0.342. The normalized spacial score (nSPS) is 21.1. The van der Waals surface area contributed by atoms with Crippen LogP contribution in [0.1, 0.15) is 50.1 Å². The third kappa shape index (κ3) is 3.80. The van der Waals surface area contributed by atoms with Gasteiger partial charge < -0.3 is 5.32 Å². The molecule has 2 rings (SSSR count). The zero-order chi connectivity index (χ0) is 13.7. The van der Waals surface area contributed by atoms with Gasteiger partial charge in [-0.2, -0.15) is 0 Å². The van der Waals surface area contributed by atoms with Crippen LogP contribution in [0, 0.1) is 5.82 Å². The fraction of sp³-hybridized carbons (Fsp3) is 0.500. The molecule has 0 aliphatic heterocycles. The Morgan fingerprint density at radius 2 is 2.00 bits per heavy atom. The van der Waals surface area contributed by atoms with Crippen molar-refractivity contribution in [2.24, 2.45) is 0 Å². The quantitative estimate of drug-likeness (QED) is 0.767. The molecule has 104 valence electrons. The van der Waals surface area contributed by atoms with Crippen LogP contribution < -0.4 is 5.32 Å². The van der Waals surface area contributed by atoms with Gasteiger partial charge >= 0.3 is 0 Å². The molecule has 1 N–H and O–H groups in total. The lowest BCUT2D eigenvalue weighted by Crippen LogP contribution is -2.19. The Morgan fingerprint density at radius 3 is 2.74 bits per heavy atom. The number of hydrogen-bond donors (Lipinski definition) is 1. The van der Waals surface area contributed by atoms with E-state index >= 15 is 0 Å². The van der Waals surface area contributed by atoms with Gasteiger partial charge in [-0.15, -0.1) is 0 Å². The number of likely N-dealkylation sites (N-methyl/N-ethyl adjacent to an activating group) is 1. The maximum atomic E-state index is 13.6. The lowest BCUT2D eigenvalue weighted by molar-refractivity contribution is 0.569. The molecule has 1 aliphatic rings. The Kier molecular flexibility index (Phi) is 5.41. The topological polar surface area (TPSA) is 12.0 Å². The Hall–Kier alpha value is -0.860. The van der Waals surface area contributed by atoms with Crippen molar-refractivity contribution >= 4 is 11.6 Å². The van der Waals surface area contributed by atoms with Gasteiger partial charge in [0.25, 0.3) is 0 Å². The van der Waals surface area contributed by atoms with Crippen molar-refractivity contribution in [3.63, 3.8) is 0 Å². The molecule has 1 aromatic carbocycles. The lowest BCUT2D eigenvalue weighted by Gasteiger charge is -2.22. The highest BCUT2D eigenvalue weighted by Gasteiger charge is 2.16. The summed E-state index contributed by atoms with van der Waals surface area (Å²) < 4.78 is 13.6. The number of rotatable bonds is 3. The summed E-state index contributed by atoms with van der Waals surface area (Å²) in [4.78, 5) is 0. The van der Waals surface area contributed by atoms with Gasteiger partial charge in [0, 0.05) is 0 Å². The lowest BCUT2D eigenvalue weighted by atomic mass is 9.91. The molecule has 1 aliphatic carbocycles. The SMILES string of the molecule is CNC(/C1=C/CCCCCC1)c1ccc(Cl)c(F)c1. The standard InChI is InChI=1S/C16H21ClFN/c1-19-16(12-7-5-3-2-4-6-8-12)13-9-10-14(17)15(18)11-13/h7,9-11,16,19H,2-6,8H2,1H3/b12-7+. The van der Waals surface area contributed by atoms with E-state index in [9.17, 15) is 4.39 Å². The molecule has 3 heteroatoms. The van der Waals surface area contributed by atoms with E-state index in [4.69, 9.17) is 11.6 Å². The first-order valence-corrected chi connectivity index (χ1v) is 7.41. The molecule has 0 amide bonds. The van der Waals surface area contributed by atoms with Gasteiger partial charge in [0.05, 0.1) is 11.1 Å². The molecule has 0 saturated carbocycles. The van der Waals surface area contributed by atoms with Gasteiger partial charge in [0.2, 0.25) is 0 Å². The predicted molar refractivity (Wildman–Crippen MR) is 79.0 cm³/mol. The average Bonchev–Trinajstić information content (AvgIpc) is 2.36. The first-order valence-electron chi connectivity index (χ1n) is 7.03. The van der Waals surface area contributed by atoms with E-state index in [1.165, 1.54) is 31.3 Å². The van der Waals surface area contributed by atoms with Crippen LogP contribution in [-0.4, -0.2) is 7.05 Å². The van der Waals surface area contributed by atoms with Crippen molar-refractivity contribution in [2.75, 3.05) is 7.05 Å². The zero-order valence-electron chi connectivity index (χ0n) is 11.4. The summed E-state index contributed by atoms with van der Waals surface area (Å²) in [6.45, 7) is 0. The number of benzene rings is 1. The van der Waals surface area contributed by atoms with E-state index in [0.29, 0.717) is 0 Å². The summed E-state index contributed by atoms with van der Waals surface area (Å²) in [7, 11) is 1.93. The molecule has 0 spiro atoms. The molecule has 0 bridgehead atoms. The molecule has 0 aromatic heterocycles. The summed E-state index contributed by atoms with van der Waals surface area (Å²) in [6, 6.07) is 5.19. The largest absolute Gasteiger partial charge is 0.310 e. The van der Waals surface area contributed by atoms with E-state index < -0.39 is 0 Å². The van der Waals surface area contributed by atoms with Crippen LogP contribution in [0.5, 0.6) is 0 Å². The van der Waals surface area contributed by atoms with Crippen molar-refractivity contribution in [3.05, 3.63) is 46.3 Å². The van der Waals surface area contributed by atoms with Gasteiger partial charge in [0.15, 0.2) is 0 Å². The van der Waals surface area contributed by atoms with E-state index in [-0.39, 0.29) is 16.9 Å². The molecular weight excluding hydrogens is 261 g/mol. The van der Waals surface area contributed by atoms with Crippen LogP contribution in [0.3, 0.4) is 0 Å². The third-order valence-electron chi connectivity index (χ3n) is 3.76. The highest BCUT2D eigenvalue weighted by molar-refractivity contribution is 6.30. The minimum atomic E-state index is -0.342. The van der Waals surface area contributed by atoms with E-state index in [2.05, 4.69) is 11.4 Å². The molecule has 1 aromatic rings. The molecule has 1 nitrogen and oxygen atoms in total. The highest BCUT2D eigenvalue weighted by Crippen LogP contribution is 2.30. The molecule has 1 unspecified atom stereocenters. The second-order valence-electron chi connectivity index (χ2n) is 5.13. The monoisotopic (exact) mass is 281 g/mol. The van der Waals surface area contributed by atoms with Gasteiger partial charge in [-0.1, -0.05) is 42.2 Å². The van der Waals surface area contributed by atoms with Crippen LogP contribution in [0.2, 0.25) is 5.02 Å². The Bertz CT molecular complexity index is 456. The van der Waals surface area contributed by atoms with Crippen LogP contribution in [0.15, 0.2) is 29.8 Å². The van der Waals surface area contributed by atoms with Gasteiger partial charge in [-0.3, -0.25) is 0 Å². The second kappa shape index (κ2) is 7.06. The number of halogens is 2. The number of nitrogens with one attached hydrogen (secondary N) is 1. The Balaban J connectivity index is 2.24. The first-order chi connectivity index (χ1) is 9.22. The van der Waals surface area contributed by atoms with Crippen molar-refractivity contribution in [3.8, 4) is 0 Å². The van der Waals surface area contributed by atoms with Crippen LogP contribution in [-0.2, 0) is 0 Å². The number of hydrogen-bond acceptors (Lipinski definition) is 1. The first kappa shape index (κ1) is 14.5. The molecule has 0 saturated heterocycles. The highest BCUT2D eigenvalue weighted by atomic mass is 35.5. The molecule has 0 radical (unpaired) electrons. The van der Waals surface area contributed by atoms with Gasteiger partial charge in [0.1, 0.15) is 5.82 Å². The van der Waals surface area contributed by atoms with Gasteiger partial charge in [-0.05, 0) is 50.4 Å². The zero-order valence-corrected chi connectivity index (χ0v) is 12.1. The summed E-state index contributed by atoms with van der Waals surface area (Å²) in [6.07, 6.45) is 9.65. The van der Waals surface area contributed by atoms with Crippen molar-refractivity contribution in [2.45, 2.75) is 44.6 Å². The minimum Gasteiger partial charge on any atom is -0.310 e. The Labute approximate surface area is 119 Å². The molecule has 1 atom stereocenters. The second-order valence-corrected chi connectivity index (χ2v) is 5.53. The smallest absolute Gasteiger partial charge is 0.142 e. The van der Waals surface area contributed by atoms with E-state index in [1.807, 2.05) is 13.1 Å². The maximum Gasteiger partial charge on any atom is 0.142 e. The van der Waals surface area contributed by atoms with Crippen LogP contribution >= 0.6 is 11.6 Å². The Morgan fingerprint density at radius 1 is 1.21 bits per heavy atom. The number of allylic oxidation sites excluding steroid dienone is 1. The van der Waals surface area contributed by atoms with Crippen LogP contribution in [0.4, 0.5) is 4.39 Å². The van der Waals surface area contributed by atoms with Crippen molar-refractivity contribution in [1.29, 1.82) is 0 Å². The van der Waals surface area contributed by atoms with E-state index in [0.717, 1.165) is 18.4 Å². The average molecular weight is 282 g/mol. The fourth-order valence-electron chi connectivity index (χ4n) is 2.74. The minimum absolute atomic E-state index is 0.102. The molecular formula is C16H21ClFN. The fourth-order valence-corrected chi connectivity index (χ4v) is 2.85. The molecule has 0 heterocycles. The predicted octanol–water partition coefficient (Wildman–Crippen LogP) is 5.02. The molecule has 0 fully saturated rings.